The fourth-order valence-corrected chi connectivity index (χ4v) is 15.9. The van der Waals surface area contributed by atoms with E-state index in [9.17, 15) is 107 Å². The number of nitrogens with one attached hydrogen (secondary N) is 17. The number of unbranched alkanes of at least 4 members (excludes halogenated alkanes) is 1. The number of primary amides is 1. The number of carboxylic acids is 1. The highest BCUT2D eigenvalue weighted by Gasteiger charge is 2.44. The first-order chi connectivity index (χ1) is 66.0. The second-order valence-corrected chi connectivity index (χ2v) is 35.5. The molecular formula is C90H129N23O24S2. The van der Waals surface area contributed by atoms with E-state index < -0.39 is 259 Å². The molecule has 760 valence electrons. The number of imidazole rings is 1. The lowest BCUT2D eigenvalue weighted by molar-refractivity contribution is -0.142. The van der Waals surface area contributed by atoms with E-state index in [1.165, 1.54) is 60.4 Å². The van der Waals surface area contributed by atoms with Crippen molar-refractivity contribution in [3.63, 3.8) is 0 Å². The second-order valence-electron chi connectivity index (χ2n) is 34.7. The number of phenolic OH excluding ortho intramolecular Hbond substituents is 1. The molecule has 4 heterocycles. The highest BCUT2D eigenvalue weighted by atomic mass is 32.1. The lowest BCUT2D eigenvalue weighted by Gasteiger charge is -2.31. The summed E-state index contributed by atoms with van der Waals surface area (Å²) in [6.45, 7) is 6.01. The van der Waals surface area contributed by atoms with Crippen LogP contribution in [-0.4, -0.2) is 323 Å². The largest absolute Gasteiger partial charge is 0.508 e. The van der Waals surface area contributed by atoms with E-state index in [-0.39, 0.29) is 114 Å². The monoisotopic (exact) mass is 1980 g/mol. The molecule has 0 aliphatic carbocycles. The Kier molecular flexibility index (Phi) is 45.3. The Labute approximate surface area is 811 Å². The zero-order valence-corrected chi connectivity index (χ0v) is 79.7. The van der Waals surface area contributed by atoms with E-state index in [1.807, 2.05) is 0 Å². The minimum absolute atomic E-state index is 0.00719. The summed E-state index contributed by atoms with van der Waals surface area (Å²) in [5.41, 5.74) is 19.4. The first-order valence-corrected chi connectivity index (χ1v) is 46.9. The van der Waals surface area contributed by atoms with Crippen molar-refractivity contribution in [2.45, 2.75) is 234 Å². The number of para-hydroxylation sites is 1. The van der Waals surface area contributed by atoms with E-state index in [4.69, 9.17) is 22.3 Å². The molecule has 5 aromatic rings. The number of hydrogen-bond donors (Lipinski definition) is 27. The molecule has 0 radical (unpaired) electrons. The van der Waals surface area contributed by atoms with Crippen LogP contribution in [-0.2, 0) is 117 Å². The number of carboxylic acid groups (broad SMARTS) is 1. The van der Waals surface area contributed by atoms with Gasteiger partial charge in [-0.25, -0.2) is 4.98 Å². The number of phenols is 1. The van der Waals surface area contributed by atoms with Crippen molar-refractivity contribution in [1.82, 2.24) is 105 Å². The van der Waals surface area contributed by atoms with Crippen LogP contribution in [0.15, 0.2) is 97.6 Å². The number of aromatic nitrogens is 3. The second kappa shape index (κ2) is 55.9. The average Bonchev–Trinajstić information content (AvgIpc) is 1.68. The molecule has 18 amide bonds. The number of aromatic hydroxyl groups is 1. The average molecular weight is 1980 g/mol. The fourth-order valence-electron chi connectivity index (χ4n) is 15.4. The molecule has 2 aliphatic rings. The van der Waals surface area contributed by atoms with Gasteiger partial charge in [-0.15, -0.1) is 0 Å². The number of fused-ring (bicyclic) bond motifs is 1. The van der Waals surface area contributed by atoms with Crippen LogP contribution in [0.2, 0.25) is 0 Å². The number of nitrogens with zero attached hydrogens (tertiary/aromatic N) is 3. The number of carbonyl (C=O) groups excluding carboxylic acids is 18. The third kappa shape index (κ3) is 35.2. The summed E-state index contributed by atoms with van der Waals surface area (Å²) in [6, 6.07) is -1.62. The van der Waals surface area contributed by atoms with Crippen LogP contribution in [0.3, 0.4) is 0 Å². The highest BCUT2D eigenvalue weighted by Crippen LogP contribution is 2.25. The molecule has 0 spiro atoms. The number of aliphatic carboxylic acids is 1. The van der Waals surface area contributed by atoms with Crippen LogP contribution < -0.4 is 97.0 Å². The molecule has 17 atom stereocenters. The predicted molar refractivity (Wildman–Crippen MR) is 507 cm³/mol. The number of nitrogens with two attached hydrogens (primary N) is 3. The number of hydrogen-bond acceptors (Lipinski definition) is 28. The topological polar surface area (TPSA) is 735 Å². The van der Waals surface area contributed by atoms with Crippen molar-refractivity contribution in [3.8, 4) is 5.75 Å². The highest BCUT2D eigenvalue weighted by molar-refractivity contribution is 7.80. The van der Waals surface area contributed by atoms with E-state index in [0.717, 1.165) is 0 Å². The molecule has 47 nitrogen and oxygen atoms in total. The molecule has 0 bridgehead atoms. The standard InChI is InChI=1S/C90H129N23O24S2/c1-46(2)32-59(104-85(132)67-21-14-30-112(67)71(120)40-98-77(124)60(33-50-16-8-7-9-17-50)102-79(126)63(36-53-38-94-45-99-53)103-84(131)65(43-138)108-82(129)64(42-114)107-78(125)61(105-87(134)73(93)48(5)115)34-51-23-25-54(117)26-24-51)80(127)111-75(49(6)116)89(136)106-62(35-52-37-95-56-19-11-10-18-55(52)56)81(128)110-74(47(3)4)88(135)109-66(44-139)83(130)101-58(20-12-13-29-91)90(137)113-31-15-22-68(113)86(133)100-57(27-28-69(92)118)76(123)97-39-70(119)96-41-72(121)122/h7-11,16-19,23-26,37-38,45-49,57-68,73-75,95,114-117,138-139H,12-15,20-22,27-36,39-44,91,93H2,1-6H3,(H2,92,118)(H,94,99)(H,96,119)(H,97,123)(H,98,124)(H,100,133)(H,101,130)(H,102,126)(H,103,131)(H,104,132)(H,105,134)(H,106,136)(H,107,125)(H,108,129)(H,109,135)(H,110,128)(H,111,127)(H,121,122)/t48-,49-,57+,58+,59+,60+,61+,62+,63+,64+,65+,66+,67+,68+,73+,74+,75+/m1/s1. The molecule has 3 aromatic carbocycles. The van der Waals surface area contributed by atoms with Crippen LogP contribution in [0.4, 0.5) is 0 Å². The van der Waals surface area contributed by atoms with Gasteiger partial charge in [0.25, 0.3) is 0 Å². The molecule has 2 fully saturated rings. The van der Waals surface area contributed by atoms with E-state index >= 15 is 4.79 Å². The van der Waals surface area contributed by atoms with Crippen LogP contribution in [0, 0.1) is 11.8 Å². The quantitative estimate of drug-likeness (QED) is 0.0127. The fraction of sp³-hybridized carbons (Fsp3) is 0.533. The Bertz CT molecular complexity index is 5070. The summed E-state index contributed by atoms with van der Waals surface area (Å²) in [5.74, 6) is -20.0. The minimum Gasteiger partial charge on any atom is -0.508 e. The first kappa shape index (κ1) is 113. The number of likely N-dealkylation sites (tertiary alicyclic amines) is 2. The zero-order valence-electron chi connectivity index (χ0n) is 77.9. The van der Waals surface area contributed by atoms with Gasteiger partial charge in [0.15, 0.2) is 0 Å². The Morgan fingerprint density at radius 2 is 0.978 bits per heavy atom. The number of aliphatic hydroxyl groups is 3. The number of aliphatic hydroxyl groups excluding tert-OH is 3. The third-order valence-electron chi connectivity index (χ3n) is 23.0. The third-order valence-corrected chi connectivity index (χ3v) is 23.8. The van der Waals surface area contributed by atoms with Gasteiger partial charge in [0.2, 0.25) is 106 Å². The lowest BCUT2D eigenvalue weighted by atomic mass is 9.99. The SMILES string of the molecule is CC(C)C[C@H](NC(=O)[C@@H]1CCCN1C(=O)CNC(=O)[C@H](Cc1ccccc1)NC(=O)[C@H](Cc1cnc[nH]1)NC(=O)[C@H](CS)NC(=O)[C@H](CO)NC(=O)[C@H](Cc1ccc(O)cc1)NC(=O)[C@@H](N)[C@@H](C)O)C(=O)N[C@H](C(=O)N[C@@H](Cc1c[nH]c2ccccc12)C(=O)N[C@H](C(=O)N[C@@H](CS)C(=O)N[C@@H](CCCCN)C(=O)N1CCC[C@H]1C(=O)N[C@@H](CCC(N)=O)C(=O)NCC(=O)NCC(=O)O)C(C)C)[C@@H](C)O. The summed E-state index contributed by atoms with van der Waals surface area (Å²) in [7, 11) is 0. The Balaban J connectivity index is 1.01. The minimum atomic E-state index is -1.85. The molecule has 7 rings (SSSR count). The van der Waals surface area contributed by atoms with Crippen LogP contribution >= 0.6 is 25.3 Å². The normalized spacial score (nSPS) is 16.7. The van der Waals surface area contributed by atoms with Gasteiger partial charge in [-0.1, -0.05) is 88.4 Å². The lowest BCUT2D eigenvalue weighted by Crippen LogP contribution is -2.62. The van der Waals surface area contributed by atoms with Gasteiger partial charge < -0.3 is 142 Å². The van der Waals surface area contributed by atoms with Gasteiger partial charge in [0.1, 0.15) is 103 Å². The van der Waals surface area contributed by atoms with Gasteiger partial charge in [-0.2, -0.15) is 25.3 Å². The van der Waals surface area contributed by atoms with Crippen molar-refractivity contribution >= 4 is 148 Å². The summed E-state index contributed by atoms with van der Waals surface area (Å²) < 4.78 is 0. The number of thiol groups is 2. The number of aromatic amines is 2. The smallest absolute Gasteiger partial charge is 0.322 e. The number of carbonyl (C=O) groups is 19. The molecule has 2 saturated heterocycles. The van der Waals surface area contributed by atoms with Crippen molar-refractivity contribution in [2.24, 2.45) is 29.0 Å². The Morgan fingerprint density at radius 3 is 1.55 bits per heavy atom. The van der Waals surface area contributed by atoms with E-state index in [2.05, 4.69) is 120 Å². The summed E-state index contributed by atoms with van der Waals surface area (Å²) >= 11 is 8.64. The molecule has 49 heteroatoms. The molecule has 2 aromatic heterocycles. The number of H-pyrrole nitrogens is 2. The first-order valence-electron chi connectivity index (χ1n) is 45.6. The maximum Gasteiger partial charge on any atom is 0.322 e. The van der Waals surface area contributed by atoms with Crippen molar-refractivity contribution in [3.05, 3.63) is 120 Å². The van der Waals surface area contributed by atoms with Gasteiger partial charge in [-0.05, 0) is 125 Å². The molecule has 28 N–H and O–H groups in total. The maximum absolute atomic E-state index is 15.0. The van der Waals surface area contributed by atoms with Gasteiger partial charge in [0.05, 0.1) is 38.2 Å². The summed E-state index contributed by atoms with van der Waals surface area (Å²) in [6.07, 6.45) is 0.770. The number of rotatable bonds is 56. The van der Waals surface area contributed by atoms with Crippen molar-refractivity contribution in [1.29, 1.82) is 0 Å². The zero-order chi connectivity index (χ0) is 102. The van der Waals surface area contributed by atoms with Crippen molar-refractivity contribution in [2.75, 3.05) is 57.4 Å². The molecule has 2 aliphatic heterocycles. The van der Waals surface area contributed by atoms with Gasteiger partial charge in [0, 0.05) is 85.7 Å². The Morgan fingerprint density at radius 1 is 0.489 bits per heavy atom. The Hall–Kier alpha value is -13.4. The number of benzene rings is 3. The van der Waals surface area contributed by atoms with Gasteiger partial charge >= 0.3 is 5.97 Å². The molecule has 0 saturated carbocycles. The predicted octanol–water partition coefficient (Wildman–Crippen LogP) is -6.86. The van der Waals surface area contributed by atoms with Crippen LogP contribution in [0.25, 0.3) is 10.9 Å². The molecule has 0 unspecified atom stereocenters. The summed E-state index contributed by atoms with van der Waals surface area (Å²) in [5, 5.41) is 88.9. The van der Waals surface area contributed by atoms with Crippen LogP contribution in [0.5, 0.6) is 5.75 Å². The van der Waals surface area contributed by atoms with E-state index in [1.54, 1.807) is 88.5 Å². The van der Waals surface area contributed by atoms with Gasteiger partial charge in [-0.3, -0.25) is 91.1 Å². The van der Waals surface area contributed by atoms with Crippen molar-refractivity contribution < 1.29 is 117 Å². The molecule has 139 heavy (non-hydrogen) atoms. The number of amides is 18. The summed E-state index contributed by atoms with van der Waals surface area (Å²) in [4.78, 5) is 276. The maximum atomic E-state index is 15.0. The van der Waals surface area contributed by atoms with E-state index in [0.29, 0.717) is 39.7 Å². The molecular weight excluding hydrogens is 1850 g/mol. The van der Waals surface area contributed by atoms with Crippen LogP contribution in [0.1, 0.15) is 128 Å².